The third kappa shape index (κ3) is 3.97. The van der Waals surface area contributed by atoms with Crippen molar-refractivity contribution < 1.29 is 27.1 Å². The molecule has 0 saturated carbocycles. The number of H-pyrrole nitrogens is 1. The number of aromatic amines is 1. The van der Waals surface area contributed by atoms with Gasteiger partial charge in [-0.2, -0.15) is 19.0 Å². The van der Waals surface area contributed by atoms with Crippen molar-refractivity contribution in [1.29, 1.82) is 0 Å². The number of nitrogens with zero attached hydrogens (tertiary/aromatic N) is 8. The zero-order chi connectivity index (χ0) is 25.7. The van der Waals surface area contributed by atoms with Crippen LogP contribution < -0.4 is 4.74 Å². The third-order valence-corrected chi connectivity index (χ3v) is 5.96. The number of carbonyl (C=O) groups excluding carboxylic acids is 1. The number of halogens is 3. The van der Waals surface area contributed by atoms with Gasteiger partial charge in [-0.3, -0.25) is 4.79 Å². The standard InChI is InChI=1S/C22H18F3N9O3/c1-11(23)33-8-5-13(30-33)19-28-29-20(37-19)21(35)32-7-4-12-17(27-10-26-12)18(32)14-9-15-16(36-22(24)25)3-2-6-34(15)31-14/h2-3,5-6,8-11,18,22H,4,7H2,1H3,(H,26,27)/t11?,18-/m1/s1. The quantitative estimate of drug-likeness (QED) is 0.366. The molecule has 0 spiro atoms. The Morgan fingerprint density at radius 2 is 2.08 bits per heavy atom. The van der Waals surface area contributed by atoms with Gasteiger partial charge >= 0.3 is 18.4 Å². The summed E-state index contributed by atoms with van der Waals surface area (Å²) in [6.45, 7) is -1.43. The summed E-state index contributed by atoms with van der Waals surface area (Å²) in [6.07, 6.45) is 3.64. The molecule has 1 N–H and O–H groups in total. The van der Waals surface area contributed by atoms with Crippen LogP contribution in [0.3, 0.4) is 0 Å². The molecular weight excluding hydrogens is 495 g/mol. The molecule has 0 saturated heterocycles. The molecule has 37 heavy (non-hydrogen) atoms. The molecular formula is C22H18F3N9O3. The van der Waals surface area contributed by atoms with Crippen LogP contribution in [0.2, 0.25) is 0 Å². The molecule has 1 unspecified atom stereocenters. The van der Waals surface area contributed by atoms with Gasteiger partial charge in [-0.05, 0) is 31.2 Å². The van der Waals surface area contributed by atoms with Crippen LogP contribution in [0.1, 0.15) is 47.0 Å². The van der Waals surface area contributed by atoms with E-state index in [9.17, 15) is 18.0 Å². The van der Waals surface area contributed by atoms with Crippen LogP contribution in [0.15, 0.2) is 47.4 Å². The minimum atomic E-state index is -3.01. The van der Waals surface area contributed by atoms with Gasteiger partial charge in [0.1, 0.15) is 17.3 Å². The monoisotopic (exact) mass is 513 g/mol. The number of hydrogen-bond donors (Lipinski definition) is 1. The molecule has 5 aromatic rings. The third-order valence-electron chi connectivity index (χ3n) is 5.96. The molecule has 1 aliphatic rings. The summed E-state index contributed by atoms with van der Waals surface area (Å²) in [7, 11) is 0. The summed E-state index contributed by atoms with van der Waals surface area (Å²) < 4.78 is 52.0. The van der Waals surface area contributed by atoms with Gasteiger partial charge in [0, 0.05) is 31.1 Å². The van der Waals surface area contributed by atoms with Gasteiger partial charge in [-0.25, -0.2) is 18.6 Å². The van der Waals surface area contributed by atoms with Gasteiger partial charge in [0.15, 0.2) is 12.0 Å². The van der Waals surface area contributed by atoms with Gasteiger partial charge in [0.25, 0.3) is 5.89 Å². The summed E-state index contributed by atoms with van der Waals surface area (Å²) in [5, 5.41) is 16.3. The van der Waals surface area contributed by atoms with Crippen molar-refractivity contribution in [2.75, 3.05) is 6.54 Å². The van der Waals surface area contributed by atoms with E-state index in [1.54, 1.807) is 12.3 Å². The topological polar surface area (TPSA) is 132 Å². The minimum absolute atomic E-state index is 0.0433. The predicted octanol–water partition coefficient (Wildman–Crippen LogP) is 3.18. The van der Waals surface area contributed by atoms with Crippen LogP contribution in [-0.4, -0.2) is 63.5 Å². The maximum Gasteiger partial charge on any atom is 0.387 e. The minimum Gasteiger partial charge on any atom is -0.433 e. The van der Waals surface area contributed by atoms with Gasteiger partial charge in [-0.1, -0.05) is 0 Å². The molecule has 12 nitrogen and oxygen atoms in total. The van der Waals surface area contributed by atoms with Crippen LogP contribution in [0, 0.1) is 0 Å². The van der Waals surface area contributed by atoms with Crippen molar-refractivity contribution >= 4 is 11.4 Å². The maximum atomic E-state index is 13.5. The molecule has 0 fully saturated rings. The molecule has 6 heterocycles. The van der Waals surface area contributed by atoms with E-state index in [1.807, 2.05) is 0 Å². The molecule has 15 heteroatoms. The molecule has 6 rings (SSSR count). The van der Waals surface area contributed by atoms with E-state index in [-0.39, 0.29) is 29.8 Å². The Morgan fingerprint density at radius 3 is 2.86 bits per heavy atom. The average Bonchev–Trinajstić information content (AvgIpc) is 3.67. The van der Waals surface area contributed by atoms with Crippen LogP contribution in [0.4, 0.5) is 13.2 Å². The number of carbonyl (C=O) groups is 1. The van der Waals surface area contributed by atoms with Crippen LogP contribution >= 0.6 is 0 Å². The molecule has 0 bridgehead atoms. The Hall–Kier alpha value is -4.69. The first-order chi connectivity index (χ1) is 17.9. The highest BCUT2D eigenvalue weighted by molar-refractivity contribution is 5.90. The van der Waals surface area contributed by atoms with Gasteiger partial charge in [0.2, 0.25) is 0 Å². The Morgan fingerprint density at radius 1 is 1.22 bits per heavy atom. The van der Waals surface area contributed by atoms with Crippen molar-refractivity contribution in [2.45, 2.75) is 32.3 Å². The molecule has 2 atom stereocenters. The first-order valence-electron chi connectivity index (χ1n) is 11.2. The van der Waals surface area contributed by atoms with Gasteiger partial charge in [-0.15, -0.1) is 10.2 Å². The summed E-state index contributed by atoms with van der Waals surface area (Å²) >= 11 is 0. The second-order valence-corrected chi connectivity index (χ2v) is 8.23. The van der Waals surface area contributed by atoms with Crippen molar-refractivity contribution in [3.63, 3.8) is 0 Å². The molecule has 0 aromatic carbocycles. The number of imidazole rings is 1. The Balaban J connectivity index is 1.37. The summed E-state index contributed by atoms with van der Waals surface area (Å²) in [5.74, 6) is -0.988. The zero-order valence-electron chi connectivity index (χ0n) is 19.1. The van der Waals surface area contributed by atoms with Gasteiger partial charge < -0.3 is 19.0 Å². The number of fused-ring (bicyclic) bond motifs is 2. The van der Waals surface area contributed by atoms with E-state index in [0.29, 0.717) is 23.3 Å². The highest BCUT2D eigenvalue weighted by atomic mass is 19.3. The normalized spacial score (nSPS) is 16.4. The second kappa shape index (κ2) is 8.76. The van der Waals surface area contributed by atoms with E-state index >= 15 is 0 Å². The fourth-order valence-corrected chi connectivity index (χ4v) is 4.32. The second-order valence-electron chi connectivity index (χ2n) is 8.23. The van der Waals surface area contributed by atoms with E-state index < -0.39 is 24.9 Å². The van der Waals surface area contributed by atoms with E-state index in [4.69, 9.17) is 4.42 Å². The number of nitrogens with one attached hydrogen (secondary N) is 1. The Bertz CT molecular complexity index is 1590. The average molecular weight is 513 g/mol. The molecule has 1 aliphatic heterocycles. The Kier molecular flexibility index (Phi) is 5.39. The lowest BCUT2D eigenvalue weighted by Gasteiger charge is -2.32. The van der Waals surface area contributed by atoms with E-state index in [2.05, 4.69) is 35.1 Å². The number of aromatic nitrogens is 8. The number of hydrogen-bond acceptors (Lipinski definition) is 8. The van der Waals surface area contributed by atoms with Crippen LogP contribution in [0.5, 0.6) is 5.75 Å². The lowest BCUT2D eigenvalue weighted by molar-refractivity contribution is -0.0490. The first-order valence-corrected chi connectivity index (χ1v) is 11.2. The highest BCUT2D eigenvalue weighted by Crippen LogP contribution is 2.35. The number of amides is 1. The summed E-state index contributed by atoms with van der Waals surface area (Å²) in [6, 6.07) is 5.21. The smallest absolute Gasteiger partial charge is 0.387 e. The van der Waals surface area contributed by atoms with E-state index in [1.165, 1.54) is 47.1 Å². The summed E-state index contributed by atoms with van der Waals surface area (Å²) in [4.78, 5) is 22.5. The van der Waals surface area contributed by atoms with Gasteiger partial charge in [0.05, 0.1) is 17.7 Å². The molecule has 0 aliphatic carbocycles. The van der Waals surface area contributed by atoms with Crippen molar-refractivity contribution in [1.82, 2.24) is 44.5 Å². The number of ether oxygens (including phenoxy) is 1. The number of rotatable bonds is 6. The number of alkyl halides is 3. The SMILES string of the molecule is CC(F)n1ccc(-c2nnc(C(=O)N3CCc4[nH]cnc4[C@H]3c3cc4c(OC(F)F)cccn4n3)o2)n1. The van der Waals surface area contributed by atoms with Crippen LogP contribution in [0.25, 0.3) is 17.1 Å². The predicted molar refractivity (Wildman–Crippen MR) is 118 cm³/mol. The van der Waals surface area contributed by atoms with E-state index in [0.717, 1.165) is 10.4 Å². The fourth-order valence-electron chi connectivity index (χ4n) is 4.32. The molecule has 190 valence electrons. The van der Waals surface area contributed by atoms with Crippen molar-refractivity contribution in [3.05, 3.63) is 66.0 Å². The van der Waals surface area contributed by atoms with Crippen LogP contribution in [-0.2, 0) is 6.42 Å². The molecule has 1 amide bonds. The summed E-state index contributed by atoms with van der Waals surface area (Å²) in [5.41, 5.74) is 2.25. The lowest BCUT2D eigenvalue weighted by Crippen LogP contribution is -2.41. The maximum absolute atomic E-state index is 13.5. The largest absolute Gasteiger partial charge is 0.433 e. The Labute approximate surface area is 205 Å². The highest BCUT2D eigenvalue weighted by Gasteiger charge is 2.38. The van der Waals surface area contributed by atoms with Crippen molar-refractivity contribution in [3.8, 4) is 17.3 Å². The van der Waals surface area contributed by atoms with Crippen molar-refractivity contribution in [2.24, 2.45) is 0 Å². The number of pyridine rings is 1. The zero-order valence-corrected chi connectivity index (χ0v) is 19.1. The first kappa shape index (κ1) is 22.8. The lowest BCUT2D eigenvalue weighted by atomic mass is 9.99. The fraction of sp³-hybridized carbons (Fsp3) is 0.273. The molecule has 0 radical (unpaired) electrons. The molecule has 5 aromatic heterocycles.